The van der Waals surface area contributed by atoms with Gasteiger partial charge in [-0.2, -0.15) is 0 Å². The Hall–Kier alpha value is -2.97. The van der Waals surface area contributed by atoms with E-state index in [-0.39, 0.29) is 11.6 Å². The molecule has 2 amide bonds. The third kappa shape index (κ3) is 5.49. The van der Waals surface area contributed by atoms with Crippen LogP contribution >= 0.6 is 23.4 Å². The number of fused-ring (bicyclic) bond motifs is 1. The molecule has 7 nitrogen and oxygen atoms in total. The number of benzene rings is 2. The van der Waals surface area contributed by atoms with Crippen LogP contribution in [0, 0.1) is 0 Å². The van der Waals surface area contributed by atoms with Gasteiger partial charge in [-0.15, -0.1) is 23.4 Å². The van der Waals surface area contributed by atoms with Crippen LogP contribution in [0.4, 0.5) is 4.79 Å². The second-order valence-corrected chi connectivity index (χ2v) is 10.6. The van der Waals surface area contributed by atoms with Gasteiger partial charge in [0.25, 0.3) is 5.91 Å². The molecule has 0 saturated carbocycles. The second kappa shape index (κ2) is 10.3. The summed E-state index contributed by atoms with van der Waals surface area (Å²) in [5.74, 6) is -0.512. The van der Waals surface area contributed by atoms with Crippen LogP contribution in [0.25, 0.3) is 0 Å². The Labute approximate surface area is 213 Å². The molecule has 4 rings (SSSR count). The van der Waals surface area contributed by atoms with Gasteiger partial charge in [-0.25, -0.2) is 9.59 Å². The molecule has 35 heavy (non-hydrogen) atoms. The van der Waals surface area contributed by atoms with Gasteiger partial charge in [0.05, 0.1) is 0 Å². The molecule has 2 aliphatic heterocycles. The van der Waals surface area contributed by atoms with Crippen LogP contribution in [0.15, 0.2) is 71.9 Å². The third-order valence-corrected chi connectivity index (χ3v) is 7.17. The van der Waals surface area contributed by atoms with E-state index >= 15 is 0 Å². The zero-order chi connectivity index (χ0) is 25.2. The number of esters is 1. The van der Waals surface area contributed by atoms with Crippen LogP contribution in [-0.4, -0.2) is 51.5 Å². The maximum atomic E-state index is 13.5. The number of alkyl carbamates (subject to hydrolysis) is 1. The molecule has 2 aromatic carbocycles. The van der Waals surface area contributed by atoms with Crippen molar-refractivity contribution in [1.82, 2.24) is 10.2 Å². The van der Waals surface area contributed by atoms with E-state index in [9.17, 15) is 14.4 Å². The zero-order valence-electron chi connectivity index (χ0n) is 19.7. The fraction of sp³-hybridized carbons (Fsp3) is 0.346. The Morgan fingerprint density at radius 1 is 1.09 bits per heavy atom. The van der Waals surface area contributed by atoms with Gasteiger partial charge in [-0.3, -0.25) is 9.69 Å². The minimum atomic E-state index is -0.798. The van der Waals surface area contributed by atoms with E-state index < -0.39 is 41.1 Å². The van der Waals surface area contributed by atoms with Crippen LogP contribution in [0.2, 0.25) is 0 Å². The first-order valence-electron chi connectivity index (χ1n) is 11.2. The summed E-state index contributed by atoms with van der Waals surface area (Å²) in [5, 5.41) is 2.18. The number of nitrogens with zero attached hydrogens (tertiary/aromatic N) is 1. The normalized spacial score (nSPS) is 19.7. The molecule has 2 heterocycles. The number of halogens is 1. The number of thioether (sulfide) groups is 1. The van der Waals surface area contributed by atoms with Gasteiger partial charge in [0.15, 0.2) is 6.10 Å². The molecule has 9 heteroatoms. The lowest BCUT2D eigenvalue weighted by molar-refractivity contribution is -0.153. The molecule has 2 atom stereocenters. The predicted molar refractivity (Wildman–Crippen MR) is 135 cm³/mol. The fourth-order valence-electron chi connectivity index (χ4n) is 3.96. The molecule has 2 aliphatic rings. The van der Waals surface area contributed by atoms with Crippen molar-refractivity contribution in [3.8, 4) is 0 Å². The van der Waals surface area contributed by atoms with Crippen LogP contribution in [0.3, 0.4) is 0 Å². The third-order valence-electron chi connectivity index (χ3n) is 5.50. The first-order chi connectivity index (χ1) is 16.7. The number of alkyl halides is 1. The van der Waals surface area contributed by atoms with E-state index in [0.29, 0.717) is 11.3 Å². The standard InChI is InChI=1S/C26H27ClN2O5S/c1-26(2,3)34-25(32)28-19-22(30)29-20(18(14-27)15-35-23(19)29)24(31)33-21(16-10-6-4-7-11-16)17-12-8-5-9-13-17/h4-13,19,21,23H,14-15H2,1-3H3,(H,28,32). The number of hydrogen-bond acceptors (Lipinski definition) is 6. The first-order valence-corrected chi connectivity index (χ1v) is 12.8. The Morgan fingerprint density at radius 3 is 2.17 bits per heavy atom. The number of rotatable bonds is 6. The van der Waals surface area contributed by atoms with E-state index in [0.717, 1.165) is 11.1 Å². The quantitative estimate of drug-likeness (QED) is 0.344. The molecule has 1 saturated heterocycles. The maximum Gasteiger partial charge on any atom is 0.408 e. The van der Waals surface area contributed by atoms with Crippen molar-refractivity contribution in [2.45, 2.75) is 43.9 Å². The van der Waals surface area contributed by atoms with Gasteiger partial charge in [-0.1, -0.05) is 60.7 Å². The highest BCUT2D eigenvalue weighted by Crippen LogP contribution is 2.42. The SMILES string of the molecule is CC(C)(C)OC(=O)NC1C(=O)N2C(C(=O)OC(c3ccccc3)c3ccccc3)=C(CCl)CSC12. The van der Waals surface area contributed by atoms with Crippen molar-refractivity contribution in [2.75, 3.05) is 11.6 Å². The highest BCUT2D eigenvalue weighted by atomic mass is 35.5. The highest BCUT2D eigenvalue weighted by Gasteiger charge is 2.55. The Morgan fingerprint density at radius 2 is 1.66 bits per heavy atom. The lowest BCUT2D eigenvalue weighted by Crippen LogP contribution is -2.70. The minimum absolute atomic E-state index is 0.0828. The average molecular weight is 515 g/mol. The molecule has 0 spiro atoms. The minimum Gasteiger partial charge on any atom is -0.448 e. The summed E-state index contributed by atoms with van der Waals surface area (Å²) < 4.78 is 11.3. The van der Waals surface area contributed by atoms with Crippen molar-refractivity contribution in [3.05, 3.63) is 83.1 Å². The number of carbonyl (C=O) groups is 3. The summed E-state index contributed by atoms with van der Waals surface area (Å²) in [7, 11) is 0. The number of amides is 2. The fourth-order valence-corrected chi connectivity index (χ4v) is 5.64. The summed E-state index contributed by atoms with van der Waals surface area (Å²) in [6.07, 6.45) is -1.34. The van der Waals surface area contributed by atoms with Gasteiger partial charge >= 0.3 is 12.1 Å². The summed E-state index contributed by atoms with van der Waals surface area (Å²) in [4.78, 5) is 40.2. The Bertz CT molecular complexity index is 1090. The Balaban J connectivity index is 1.57. The molecule has 0 aromatic heterocycles. The van der Waals surface area contributed by atoms with E-state index in [1.807, 2.05) is 60.7 Å². The summed E-state index contributed by atoms with van der Waals surface area (Å²) in [5.41, 5.74) is 1.68. The van der Waals surface area contributed by atoms with E-state index in [2.05, 4.69) is 5.32 Å². The number of hydrogen-bond donors (Lipinski definition) is 1. The molecular weight excluding hydrogens is 488 g/mol. The van der Waals surface area contributed by atoms with Crippen LogP contribution < -0.4 is 5.32 Å². The Kier molecular flexibility index (Phi) is 7.42. The lowest BCUT2D eigenvalue weighted by atomic mass is 10.0. The van der Waals surface area contributed by atoms with Crippen LogP contribution in [-0.2, 0) is 19.1 Å². The van der Waals surface area contributed by atoms with Crippen molar-refractivity contribution < 1.29 is 23.9 Å². The van der Waals surface area contributed by atoms with Crippen LogP contribution in [0.5, 0.6) is 0 Å². The van der Waals surface area contributed by atoms with Gasteiger partial charge in [0.1, 0.15) is 22.7 Å². The molecular formula is C26H27ClN2O5S. The van der Waals surface area contributed by atoms with Crippen molar-refractivity contribution in [3.63, 3.8) is 0 Å². The number of carbonyl (C=O) groups excluding carboxylic acids is 3. The maximum absolute atomic E-state index is 13.5. The lowest BCUT2D eigenvalue weighted by Gasteiger charge is -2.49. The topological polar surface area (TPSA) is 84.9 Å². The first kappa shape index (κ1) is 25.1. The van der Waals surface area contributed by atoms with Gasteiger partial charge < -0.3 is 14.8 Å². The predicted octanol–water partition coefficient (Wildman–Crippen LogP) is 4.62. The summed E-state index contributed by atoms with van der Waals surface area (Å²) >= 11 is 7.60. The second-order valence-electron chi connectivity index (χ2n) is 9.23. The number of nitrogens with one attached hydrogen (secondary N) is 1. The highest BCUT2D eigenvalue weighted by molar-refractivity contribution is 8.00. The monoisotopic (exact) mass is 514 g/mol. The molecule has 0 bridgehead atoms. The van der Waals surface area contributed by atoms with Gasteiger partial charge in [0, 0.05) is 11.6 Å². The molecule has 1 N–H and O–H groups in total. The van der Waals surface area contributed by atoms with Crippen LogP contribution in [0.1, 0.15) is 38.0 Å². The molecule has 2 aromatic rings. The average Bonchev–Trinajstić information content (AvgIpc) is 2.84. The van der Waals surface area contributed by atoms with Gasteiger partial charge in [-0.05, 0) is 37.5 Å². The van der Waals surface area contributed by atoms with Crippen molar-refractivity contribution in [1.29, 1.82) is 0 Å². The number of β-lactam (4-membered cyclic amide) rings is 1. The zero-order valence-corrected chi connectivity index (χ0v) is 21.3. The molecule has 0 radical (unpaired) electrons. The van der Waals surface area contributed by atoms with E-state index in [1.54, 1.807) is 20.8 Å². The largest absolute Gasteiger partial charge is 0.448 e. The molecule has 2 unspecified atom stereocenters. The number of ether oxygens (including phenoxy) is 2. The molecule has 0 aliphatic carbocycles. The van der Waals surface area contributed by atoms with E-state index in [4.69, 9.17) is 21.1 Å². The summed E-state index contributed by atoms with van der Waals surface area (Å²) in [6.45, 7) is 5.24. The van der Waals surface area contributed by atoms with E-state index in [1.165, 1.54) is 16.7 Å². The molecule has 1 fully saturated rings. The summed E-state index contributed by atoms with van der Waals surface area (Å²) in [6, 6.07) is 18.0. The van der Waals surface area contributed by atoms with Crippen molar-refractivity contribution in [2.24, 2.45) is 0 Å². The smallest absolute Gasteiger partial charge is 0.408 e. The molecule has 184 valence electrons. The van der Waals surface area contributed by atoms with Gasteiger partial charge in [0.2, 0.25) is 0 Å². The van der Waals surface area contributed by atoms with Crippen molar-refractivity contribution >= 4 is 41.3 Å².